The third-order valence-corrected chi connectivity index (χ3v) is 5.10. The third-order valence-electron chi connectivity index (χ3n) is 5.10. The van der Waals surface area contributed by atoms with Gasteiger partial charge in [0.05, 0.1) is 19.8 Å². The van der Waals surface area contributed by atoms with Crippen molar-refractivity contribution in [3.63, 3.8) is 0 Å². The summed E-state index contributed by atoms with van der Waals surface area (Å²) in [7, 11) is 3.15. The lowest BCUT2D eigenvalue weighted by molar-refractivity contribution is 0.106. The number of ketones is 1. The number of hydrogen-bond donors (Lipinski definition) is 0. The molecule has 1 aliphatic rings. The molecule has 4 rings (SSSR count). The van der Waals surface area contributed by atoms with Crippen LogP contribution in [0.15, 0.2) is 71.7 Å². The maximum atomic E-state index is 13.3. The highest BCUT2D eigenvalue weighted by Gasteiger charge is 2.26. The average Bonchev–Trinajstić information content (AvgIpc) is 2.81. The SMILES string of the molecule is COc1cc2c(cc1OCc1ccccc1)CCN=C2C(=O)c1ccccc1OC. The molecule has 1 aliphatic heterocycles. The Kier molecular flexibility index (Phi) is 5.80. The largest absolute Gasteiger partial charge is 0.496 e. The summed E-state index contributed by atoms with van der Waals surface area (Å²) in [4.78, 5) is 17.8. The molecular weight excluding hydrogens is 378 g/mol. The van der Waals surface area contributed by atoms with Crippen LogP contribution in [0.3, 0.4) is 0 Å². The summed E-state index contributed by atoms with van der Waals surface area (Å²) < 4.78 is 17.0. The highest BCUT2D eigenvalue weighted by molar-refractivity contribution is 6.52. The van der Waals surface area contributed by atoms with Gasteiger partial charge in [0.25, 0.3) is 0 Å². The quantitative estimate of drug-likeness (QED) is 0.547. The summed E-state index contributed by atoms with van der Waals surface area (Å²) in [6.45, 7) is 0.991. The van der Waals surface area contributed by atoms with Crippen molar-refractivity contribution in [3.8, 4) is 17.2 Å². The number of para-hydroxylation sites is 1. The Morgan fingerprint density at radius 2 is 1.63 bits per heavy atom. The Morgan fingerprint density at radius 1 is 0.900 bits per heavy atom. The minimum absolute atomic E-state index is 0.159. The third kappa shape index (κ3) is 3.92. The summed E-state index contributed by atoms with van der Waals surface area (Å²) >= 11 is 0. The molecule has 0 spiro atoms. The Balaban J connectivity index is 1.66. The Morgan fingerprint density at radius 3 is 2.40 bits per heavy atom. The van der Waals surface area contributed by atoms with E-state index in [4.69, 9.17) is 14.2 Å². The lowest BCUT2D eigenvalue weighted by Gasteiger charge is -2.20. The normalized spacial score (nSPS) is 12.5. The van der Waals surface area contributed by atoms with Gasteiger partial charge in [-0.25, -0.2) is 0 Å². The Labute approximate surface area is 175 Å². The first kappa shape index (κ1) is 19.7. The first-order valence-corrected chi connectivity index (χ1v) is 9.81. The van der Waals surface area contributed by atoms with E-state index in [2.05, 4.69) is 4.99 Å². The second-order valence-electron chi connectivity index (χ2n) is 6.94. The van der Waals surface area contributed by atoms with Gasteiger partial charge in [0.1, 0.15) is 18.1 Å². The van der Waals surface area contributed by atoms with Gasteiger partial charge in [0, 0.05) is 12.1 Å². The molecule has 3 aromatic carbocycles. The van der Waals surface area contributed by atoms with Crippen LogP contribution in [-0.4, -0.2) is 32.3 Å². The first-order valence-electron chi connectivity index (χ1n) is 9.81. The minimum Gasteiger partial charge on any atom is -0.496 e. The zero-order valence-electron chi connectivity index (χ0n) is 17.1. The van der Waals surface area contributed by atoms with Gasteiger partial charge < -0.3 is 14.2 Å². The molecule has 5 nitrogen and oxygen atoms in total. The molecule has 0 saturated heterocycles. The van der Waals surface area contributed by atoms with Crippen LogP contribution in [0.5, 0.6) is 17.2 Å². The van der Waals surface area contributed by atoms with E-state index in [1.807, 2.05) is 54.6 Å². The molecule has 5 heteroatoms. The fraction of sp³-hybridized carbons (Fsp3) is 0.200. The predicted octanol–water partition coefficient (Wildman–Crippen LogP) is 4.51. The summed E-state index contributed by atoms with van der Waals surface area (Å²) in [6, 6.07) is 21.0. The van der Waals surface area contributed by atoms with E-state index in [-0.39, 0.29) is 5.78 Å². The second-order valence-corrected chi connectivity index (χ2v) is 6.94. The van der Waals surface area contributed by atoms with Gasteiger partial charge in [-0.15, -0.1) is 0 Å². The first-order chi connectivity index (χ1) is 14.7. The van der Waals surface area contributed by atoms with Gasteiger partial charge in [-0.2, -0.15) is 0 Å². The highest BCUT2D eigenvalue weighted by Crippen LogP contribution is 2.34. The van der Waals surface area contributed by atoms with E-state index in [0.717, 1.165) is 23.1 Å². The van der Waals surface area contributed by atoms with Crippen LogP contribution in [0.4, 0.5) is 0 Å². The number of aliphatic imine (C=N–C) groups is 1. The maximum Gasteiger partial charge on any atom is 0.215 e. The van der Waals surface area contributed by atoms with Crippen molar-refractivity contribution in [1.82, 2.24) is 0 Å². The highest BCUT2D eigenvalue weighted by atomic mass is 16.5. The summed E-state index contributed by atoms with van der Waals surface area (Å²) in [5, 5.41) is 0. The molecule has 152 valence electrons. The van der Waals surface area contributed by atoms with Gasteiger partial charge in [-0.3, -0.25) is 9.79 Å². The van der Waals surface area contributed by atoms with Crippen molar-refractivity contribution in [2.24, 2.45) is 4.99 Å². The topological polar surface area (TPSA) is 57.1 Å². The maximum absolute atomic E-state index is 13.3. The Bertz CT molecular complexity index is 1090. The molecule has 0 amide bonds. The number of benzene rings is 3. The lowest BCUT2D eigenvalue weighted by Crippen LogP contribution is -2.23. The number of carbonyl (C=O) groups is 1. The van der Waals surface area contributed by atoms with Crippen LogP contribution in [0.25, 0.3) is 0 Å². The lowest BCUT2D eigenvalue weighted by atomic mass is 9.92. The van der Waals surface area contributed by atoms with E-state index in [0.29, 0.717) is 41.7 Å². The number of rotatable bonds is 7. The molecule has 0 bridgehead atoms. The van der Waals surface area contributed by atoms with Crippen LogP contribution in [0, 0.1) is 0 Å². The van der Waals surface area contributed by atoms with Crippen molar-refractivity contribution >= 4 is 11.5 Å². The molecule has 30 heavy (non-hydrogen) atoms. The van der Waals surface area contributed by atoms with Crippen LogP contribution < -0.4 is 14.2 Å². The predicted molar refractivity (Wildman–Crippen MR) is 116 cm³/mol. The number of hydrogen-bond acceptors (Lipinski definition) is 5. The smallest absolute Gasteiger partial charge is 0.215 e. The fourth-order valence-electron chi connectivity index (χ4n) is 3.56. The Hall–Kier alpha value is -3.60. The van der Waals surface area contributed by atoms with Gasteiger partial charge in [0.15, 0.2) is 11.5 Å². The number of Topliss-reactive ketones (excluding diaryl/α,β-unsaturated/α-hetero) is 1. The average molecular weight is 401 g/mol. The molecule has 0 saturated carbocycles. The van der Waals surface area contributed by atoms with Crippen LogP contribution in [-0.2, 0) is 13.0 Å². The van der Waals surface area contributed by atoms with Crippen LogP contribution in [0.1, 0.15) is 27.0 Å². The molecule has 0 aliphatic carbocycles. The molecule has 1 heterocycles. The van der Waals surface area contributed by atoms with Crippen molar-refractivity contribution in [2.75, 3.05) is 20.8 Å². The van der Waals surface area contributed by atoms with E-state index < -0.39 is 0 Å². The monoisotopic (exact) mass is 401 g/mol. The van der Waals surface area contributed by atoms with E-state index >= 15 is 0 Å². The zero-order chi connectivity index (χ0) is 20.9. The molecular formula is C25H23NO4. The van der Waals surface area contributed by atoms with Crippen molar-refractivity contribution in [1.29, 1.82) is 0 Å². The van der Waals surface area contributed by atoms with Crippen LogP contribution >= 0.6 is 0 Å². The molecule has 0 unspecified atom stereocenters. The zero-order valence-corrected chi connectivity index (χ0v) is 17.1. The van der Waals surface area contributed by atoms with Crippen molar-refractivity contribution in [2.45, 2.75) is 13.0 Å². The van der Waals surface area contributed by atoms with Gasteiger partial charge in [-0.1, -0.05) is 42.5 Å². The van der Waals surface area contributed by atoms with E-state index in [9.17, 15) is 4.79 Å². The van der Waals surface area contributed by atoms with Gasteiger partial charge in [0.2, 0.25) is 5.78 Å². The number of nitrogens with zero attached hydrogens (tertiary/aromatic N) is 1. The van der Waals surface area contributed by atoms with E-state index in [1.165, 1.54) is 0 Å². The molecule has 0 atom stereocenters. The molecule has 0 N–H and O–H groups in total. The molecule has 0 radical (unpaired) electrons. The number of fused-ring (bicyclic) bond motifs is 1. The molecule has 3 aromatic rings. The summed E-state index contributed by atoms with van der Waals surface area (Å²) in [6.07, 6.45) is 0.740. The molecule has 0 aromatic heterocycles. The standard InChI is InChI=1S/C25H23NO4/c1-28-21-11-7-6-10-19(21)25(27)24-20-15-22(29-2)23(14-18(20)12-13-26-24)30-16-17-8-4-3-5-9-17/h3-11,14-15H,12-13,16H2,1-2H3. The van der Waals surface area contributed by atoms with E-state index in [1.54, 1.807) is 26.4 Å². The van der Waals surface area contributed by atoms with Crippen molar-refractivity contribution < 1.29 is 19.0 Å². The molecule has 0 fully saturated rings. The minimum atomic E-state index is -0.159. The number of ether oxygens (including phenoxy) is 3. The fourth-order valence-corrected chi connectivity index (χ4v) is 3.56. The summed E-state index contributed by atoms with van der Waals surface area (Å²) in [5.74, 6) is 1.61. The number of methoxy groups -OCH3 is 2. The second kappa shape index (κ2) is 8.82. The van der Waals surface area contributed by atoms with Crippen molar-refractivity contribution in [3.05, 3.63) is 89.0 Å². The summed E-state index contributed by atoms with van der Waals surface area (Å²) in [5.41, 5.74) is 3.79. The van der Waals surface area contributed by atoms with Gasteiger partial charge in [-0.05, 0) is 41.8 Å². The number of carbonyl (C=O) groups excluding carboxylic acids is 1. The van der Waals surface area contributed by atoms with Crippen LogP contribution in [0.2, 0.25) is 0 Å². The van der Waals surface area contributed by atoms with Gasteiger partial charge >= 0.3 is 0 Å².